The minimum Gasteiger partial charge on any atom is -0.493 e. The van der Waals surface area contributed by atoms with Gasteiger partial charge in [0, 0.05) is 26.9 Å². The van der Waals surface area contributed by atoms with Crippen LogP contribution in [0, 0.1) is 3.57 Å². The van der Waals surface area contributed by atoms with Crippen molar-refractivity contribution >= 4 is 33.6 Å². The van der Waals surface area contributed by atoms with Crippen molar-refractivity contribution in [1.82, 2.24) is 9.97 Å². The van der Waals surface area contributed by atoms with Gasteiger partial charge in [0.15, 0.2) is 11.5 Å². The Bertz CT molecular complexity index is 768. The molecule has 0 unspecified atom stereocenters. The molecule has 0 saturated heterocycles. The van der Waals surface area contributed by atoms with Gasteiger partial charge in [-0.25, -0.2) is 4.98 Å². The summed E-state index contributed by atoms with van der Waals surface area (Å²) >= 11 is 2.30. The number of hydrogen-bond acceptors (Lipinski definition) is 3. The summed E-state index contributed by atoms with van der Waals surface area (Å²) in [5.74, 6) is 1.44. The van der Waals surface area contributed by atoms with Crippen molar-refractivity contribution in [3.63, 3.8) is 0 Å². The summed E-state index contributed by atoms with van der Waals surface area (Å²) in [5, 5.41) is 1.12. The summed E-state index contributed by atoms with van der Waals surface area (Å²) in [6, 6.07) is 7.99. The third-order valence-electron chi connectivity index (χ3n) is 3.20. The summed E-state index contributed by atoms with van der Waals surface area (Å²) in [4.78, 5) is 7.59. The molecule has 0 spiro atoms. The first-order valence-electron chi connectivity index (χ1n) is 6.08. The van der Waals surface area contributed by atoms with Gasteiger partial charge in [0.2, 0.25) is 0 Å². The minimum atomic E-state index is 0.717. The molecule has 0 amide bonds. The van der Waals surface area contributed by atoms with E-state index in [2.05, 4.69) is 38.6 Å². The molecule has 1 N–H and O–H groups in total. The van der Waals surface area contributed by atoms with Crippen LogP contribution in [0.5, 0.6) is 11.5 Å². The lowest BCUT2D eigenvalue weighted by atomic mass is 10.1. The summed E-state index contributed by atoms with van der Waals surface area (Å²) in [6.07, 6.45) is 3.81. The average Bonchev–Trinajstić information content (AvgIpc) is 2.87. The molecule has 3 rings (SSSR count). The molecule has 0 atom stereocenters. The van der Waals surface area contributed by atoms with Gasteiger partial charge in [0.05, 0.1) is 14.2 Å². The van der Waals surface area contributed by atoms with Crippen molar-refractivity contribution in [3.8, 4) is 22.6 Å². The zero-order chi connectivity index (χ0) is 14.1. The number of pyridine rings is 1. The van der Waals surface area contributed by atoms with Gasteiger partial charge < -0.3 is 14.5 Å². The maximum atomic E-state index is 5.34. The van der Waals surface area contributed by atoms with Gasteiger partial charge in [0.1, 0.15) is 5.65 Å². The van der Waals surface area contributed by atoms with E-state index in [0.29, 0.717) is 5.75 Å². The zero-order valence-corrected chi connectivity index (χ0v) is 13.3. The van der Waals surface area contributed by atoms with Crippen molar-refractivity contribution < 1.29 is 9.47 Å². The van der Waals surface area contributed by atoms with Gasteiger partial charge >= 0.3 is 0 Å². The lowest BCUT2D eigenvalue weighted by Crippen LogP contribution is -1.91. The molecular formula is C15H13IN2O2. The van der Waals surface area contributed by atoms with Crippen molar-refractivity contribution in [1.29, 1.82) is 0 Å². The maximum Gasteiger partial charge on any atom is 0.161 e. The smallest absolute Gasteiger partial charge is 0.161 e. The Morgan fingerprint density at radius 2 is 1.85 bits per heavy atom. The van der Waals surface area contributed by atoms with Crippen LogP contribution >= 0.6 is 22.6 Å². The van der Waals surface area contributed by atoms with Crippen molar-refractivity contribution in [2.24, 2.45) is 0 Å². The number of aromatic nitrogens is 2. The second-order valence-electron chi connectivity index (χ2n) is 4.33. The first-order chi connectivity index (χ1) is 9.72. The number of ether oxygens (including phenoxy) is 2. The standard InChI is InChI=1S/C15H13IN2O2/c1-19-13-4-3-9(6-14(13)20-2)10-5-11-12(16)8-18-15(11)17-7-10/h3-8H,1-2H3,(H,17,18). The molecule has 0 radical (unpaired) electrons. The van der Waals surface area contributed by atoms with Crippen molar-refractivity contribution in [2.45, 2.75) is 0 Å². The van der Waals surface area contributed by atoms with Gasteiger partial charge in [-0.3, -0.25) is 0 Å². The first kappa shape index (κ1) is 13.2. The van der Waals surface area contributed by atoms with Crippen LogP contribution in [0.15, 0.2) is 36.7 Å². The molecule has 0 fully saturated rings. The molecule has 4 nitrogen and oxygen atoms in total. The molecule has 0 saturated carbocycles. The first-order valence-corrected chi connectivity index (χ1v) is 7.16. The van der Waals surface area contributed by atoms with E-state index in [0.717, 1.165) is 31.5 Å². The highest BCUT2D eigenvalue weighted by molar-refractivity contribution is 14.1. The summed E-state index contributed by atoms with van der Waals surface area (Å²) < 4.78 is 11.8. The second-order valence-corrected chi connectivity index (χ2v) is 5.49. The number of halogens is 1. The fourth-order valence-corrected chi connectivity index (χ4v) is 2.71. The van der Waals surface area contributed by atoms with Crippen LogP contribution in [0.1, 0.15) is 0 Å². The topological polar surface area (TPSA) is 47.1 Å². The monoisotopic (exact) mass is 380 g/mol. The van der Waals surface area contributed by atoms with Crippen LogP contribution in [-0.4, -0.2) is 24.2 Å². The van der Waals surface area contributed by atoms with E-state index in [4.69, 9.17) is 9.47 Å². The molecule has 102 valence electrons. The molecule has 0 aliphatic heterocycles. The molecule has 2 heterocycles. The Hall–Kier alpha value is -1.76. The highest BCUT2D eigenvalue weighted by Crippen LogP contribution is 2.33. The Labute approximate surface area is 130 Å². The van der Waals surface area contributed by atoms with Crippen molar-refractivity contribution in [3.05, 3.63) is 40.2 Å². The largest absolute Gasteiger partial charge is 0.493 e. The summed E-state index contributed by atoms with van der Waals surface area (Å²) in [7, 11) is 3.27. The SMILES string of the molecule is COc1ccc(-c2cnc3[nH]cc(I)c3c2)cc1OC. The van der Waals surface area contributed by atoms with E-state index in [-0.39, 0.29) is 0 Å². The summed E-state index contributed by atoms with van der Waals surface area (Å²) in [5.41, 5.74) is 3.00. The quantitative estimate of drug-likeness (QED) is 0.703. The maximum absolute atomic E-state index is 5.34. The Morgan fingerprint density at radius 3 is 2.60 bits per heavy atom. The zero-order valence-electron chi connectivity index (χ0n) is 11.1. The lowest BCUT2D eigenvalue weighted by Gasteiger charge is -2.09. The van der Waals surface area contributed by atoms with Gasteiger partial charge in [-0.2, -0.15) is 0 Å². The van der Waals surface area contributed by atoms with E-state index in [1.54, 1.807) is 14.2 Å². The fourth-order valence-electron chi connectivity index (χ4n) is 2.14. The molecule has 2 aromatic heterocycles. The molecule has 1 aromatic carbocycles. The number of benzene rings is 1. The minimum absolute atomic E-state index is 0.717. The van der Waals surface area contributed by atoms with Crippen LogP contribution in [0.25, 0.3) is 22.2 Å². The summed E-state index contributed by atoms with van der Waals surface area (Å²) in [6.45, 7) is 0. The number of nitrogens with one attached hydrogen (secondary N) is 1. The number of hydrogen-bond donors (Lipinski definition) is 1. The number of methoxy groups -OCH3 is 2. The number of fused-ring (bicyclic) bond motifs is 1. The molecule has 5 heteroatoms. The van der Waals surface area contributed by atoms with E-state index in [9.17, 15) is 0 Å². The predicted molar refractivity (Wildman–Crippen MR) is 87.4 cm³/mol. The van der Waals surface area contributed by atoms with E-state index in [1.165, 1.54) is 0 Å². The molecule has 0 aliphatic carbocycles. The van der Waals surface area contributed by atoms with Crippen molar-refractivity contribution in [2.75, 3.05) is 14.2 Å². The van der Waals surface area contributed by atoms with Crippen LogP contribution in [0.2, 0.25) is 0 Å². The third-order valence-corrected chi connectivity index (χ3v) is 4.09. The van der Waals surface area contributed by atoms with Gasteiger partial charge in [-0.05, 0) is 46.4 Å². The van der Waals surface area contributed by atoms with E-state index in [1.807, 2.05) is 30.6 Å². The lowest BCUT2D eigenvalue weighted by molar-refractivity contribution is 0.355. The highest BCUT2D eigenvalue weighted by atomic mass is 127. The molecular weight excluding hydrogens is 367 g/mol. The predicted octanol–water partition coefficient (Wildman–Crippen LogP) is 3.85. The van der Waals surface area contributed by atoms with Gasteiger partial charge in [-0.15, -0.1) is 0 Å². The molecule has 3 aromatic rings. The van der Waals surface area contributed by atoms with Gasteiger partial charge in [0.25, 0.3) is 0 Å². The third kappa shape index (κ3) is 2.22. The number of aromatic amines is 1. The highest BCUT2D eigenvalue weighted by Gasteiger charge is 2.08. The molecule has 0 bridgehead atoms. The van der Waals surface area contributed by atoms with Gasteiger partial charge in [-0.1, -0.05) is 6.07 Å². The van der Waals surface area contributed by atoms with Crippen LogP contribution in [0.4, 0.5) is 0 Å². The number of H-pyrrole nitrogens is 1. The van der Waals surface area contributed by atoms with Crippen LogP contribution in [-0.2, 0) is 0 Å². The average molecular weight is 380 g/mol. The number of rotatable bonds is 3. The Balaban J connectivity index is 2.12. The van der Waals surface area contributed by atoms with E-state index < -0.39 is 0 Å². The molecule has 20 heavy (non-hydrogen) atoms. The second kappa shape index (κ2) is 5.32. The Morgan fingerprint density at radius 1 is 1.05 bits per heavy atom. The number of nitrogens with zero attached hydrogens (tertiary/aromatic N) is 1. The van der Waals surface area contributed by atoms with E-state index >= 15 is 0 Å². The molecule has 0 aliphatic rings. The van der Waals surface area contributed by atoms with Crippen LogP contribution in [0.3, 0.4) is 0 Å². The Kier molecular flexibility index (Phi) is 3.52. The van der Waals surface area contributed by atoms with Crippen LogP contribution < -0.4 is 9.47 Å². The normalized spacial score (nSPS) is 10.8. The fraction of sp³-hybridized carbons (Fsp3) is 0.133.